The van der Waals surface area contributed by atoms with Gasteiger partial charge in [0.1, 0.15) is 0 Å². The molecule has 0 unspecified atom stereocenters. The van der Waals surface area contributed by atoms with Crippen molar-refractivity contribution in [1.29, 1.82) is 0 Å². The third-order valence-corrected chi connectivity index (χ3v) is 4.66. The van der Waals surface area contributed by atoms with Crippen LogP contribution in [0.2, 0.25) is 0 Å². The van der Waals surface area contributed by atoms with E-state index in [2.05, 4.69) is 18.0 Å². The predicted octanol–water partition coefficient (Wildman–Crippen LogP) is 5.02. The van der Waals surface area contributed by atoms with Crippen LogP contribution in [0.25, 0.3) is 10.9 Å². The Morgan fingerprint density at radius 3 is 2.70 bits per heavy atom. The third-order valence-electron chi connectivity index (χ3n) is 4.66. The standard InChI is InChI=1S/C18H23NO/c1-13-7-6-10-16-18(13)15(12-19-16)17(20)11-14-8-4-2-3-5-9-14/h6-7,10,12,14,19H,2-5,8-9,11H2,1H3. The molecule has 2 nitrogen and oxygen atoms in total. The highest BCUT2D eigenvalue weighted by atomic mass is 16.1. The number of hydrogen-bond donors (Lipinski definition) is 1. The summed E-state index contributed by atoms with van der Waals surface area (Å²) in [7, 11) is 0. The van der Waals surface area contributed by atoms with E-state index in [1.54, 1.807) is 0 Å². The summed E-state index contributed by atoms with van der Waals surface area (Å²) in [6.07, 6.45) is 10.4. The van der Waals surface area contributed by atoms with Gasteiger partial charge in [0.2, 0.25) is 0 Å². The van der Waals surface area contributed by atoms with Crippen LogP contribution in [0.1, 0.15) is 60.9 Å². The average Bonchev–Trinajstić information content (AvgIpc) is 2.72. The van der Waals surface area contributed by atoms with Gasteiger partial charge in [-0.1, -0.05) is 50.7 Å². The molecule has 2 heteroatoms. The molecule has 20 heavy (non-hydrogen) atoms. The van der Waals surface area contributed by atoms with Crippen LogP contribution in [0.15, 0.2) is 24.4 Å². The normalized spacial score (nSPS) is 17.2. The van der Waals surface area contributed by atoms with Crippen LogP contribution >= 0.6 is 0 Å². The van der Waals surface area contributed by atoms with Gasteiger partial charge in [-0.2, -0.15) is 0 Å². The number of hydrogen-bond acceptors (Lipinski definition) is 1. The third kappa shape index (κ3) is 2.65. The fourth-order valence-corrected chi connectivity index (χ4v) is 3.53. The number of Topliss-reactive ketones (excluding diaryl/α,β-unsaturated/α-hetero) is 1. The van der Waals surface area contributed by atoms with Crippen molar-refractivity contribution >= 4 is 16.7 Å². The first kappa shape index (κ1) is 13.4. The summed E-state index contributed by atoms with van der Waals surface area (Å²) >= 11 is 0. The SMILES string of the molecule is Cc1cccc2[nH]cc(C(=O)CC3CCCCCC3)c12. The van der Waals surface area contributed by atoms with Crippen LogP contribution in [0.3, 0.4) is 0 Å². The predicted molar refractivity (Wildman–Crippen MR) is 83.2 cm³/mol. The van der Waals surface area contributed by atoms with Crippen LogP contribution in [-0.2, 0) is 0 Å². The zero-order chi connectivity index (χ0) is 13.9. The molecular formula is C18H23NO. The Morgan fingerprint density at radius 2 is 1.95 bits per heavy atom. The van der Waals surface area contributed by atoms with Crippen molar-refractivity contribution < 1.29 is 4.79 Å². The van der Waals surface area contributed by atoms with Crippen molar-refractivity contribution in [2.45, 2.75) is 51.9 Å². The molecule has 2 aromatic rings. The van der Waals surface area contributed by atoms with Crippen LogP contribution in [0, 0.1) is 12.8 Å². The number of carbonyl (C=O) groups is 1. The zero-order valence-corrected chi connectivity index (χ0v) is 12.2. The molecule has 1 aromatic heterocycles. The molecule has 1 aliphatic carbocycles. The number of carbonyl (C=O) groups excluding carboxylic acids is 1. The van der Waals surface area contributed by atoms with E-state index in [1.165, 1.54) is 44.1 Å². The monoisotopic (exact) mass is 269 g/mol. The molecular weight excluding hydrogens is 246 g/mol. The Labute approximate surface area is 120 Å². The highest BCUT2D eigenvalue weighted by molar-refractivity contribution is 6.08. The second kappa shape index (κ2) is 5.82. The van der Waals surface area contributed by atoms with Crippen LogP contribution in [0.5, 0.6) is 0 Å². The maximum absolute atomic E-state index is 12.6. The van der Waals surface area contributed by atoms with Crippen LogP contribution in [0.4, 0.5) is 0 Å². The quantitative estimate of drug-likeness (QED) is 0.616. The fraction of sp³-hybridized carbons (Fsp3) is 0.500. The largest absolute Gasteiger partial charge is 0.360 e. The van der Waals surface area contributed by atoms with E-state index in [-0.39, 0.29) is 0 Å². The first-order valence-electron chi connectivity index (χ1n) is 7.85. The van der Waals surface area contributed by atoms with Crippen molar-refractivity contribution in [3.05, 3.63) is 35.5 Å². The number of ketones is 1. The molecule has 1 saturated carbocycles. The van der Waals surface area contributed by atoms with Gasteiger partial charge in [-0.3, -0.25) is 4.79 Å². The first-order valence-corrected chi connectivity index (χ1v) is 7.85. The van der Waals surface area contributed by atoms with Gasteiger partial charge in [0, 0.05) is 29.1 Å². The molecule has 0 bridgehead atoms. The lowest BCUT2D eigenvalue weighted by atomic mass is 9.91. The number of H-pyrrole nitrogens is 1. The van der Waals surface area contributed by atoms with E-state index in [0.717, 1.165) is 22.9 Å². The molecule has 1 aliphatic rings. The van der Waals surface area contributed by atoms with Crippen molar-refractivity contribution in [3.63, 3.8) is 0 Å². The Morgan fingerprint density at radius 1 is 1.20 bits per heavy atom. The lowest BCUT2D eigenvalue weighted by molar-refractivity contribution is 0.0958. The Balaban J connectivity index is 1.81. The molecule has 1 aromatic carbocycles. The summed E-state index contributed by atoms with van der Waals surface area (Å²) < 4.78 is 0. The summed E-state index contributed by atoms with van der Waals surface area (Å²) in [5.74, 6) is 0.913. The highest BCUT2D eigenvalue weighted by Crippen LogP contribution is 2.29. The lowest BCUT2D eigenvalue weighted by Crippen LogP contribution is -2.08. The van der Waals surface area contributed by atoms with Gasteiger partial charge >= 0.3 is 0 Å². The molecule has 1 heterocycles. The van der Waals surface area contributed by atoms with Crippen molar-refractivity contribution in [1.82, 2.24) is 4.98 Å². The molecule has 3 rings (SSSR count). The van der Waals surface area contributed by atoms with Gasteiger partial charge in [-0.05, 0) is 24.5 Å². The first-order chi connectivity index (χ1) is 9.75. The van der Waals surface area contributed by atoms with E-state index < -0.39 is 0 Å². The summed E-state index contributed by atoms with van der Waals surface area (Å²) in [6.45, 7) is 2.08. The minimum atomic E-state index is 0.317. The van der Waals surface area contributed by atoms with Gasteiger partial charge in [-0.15, -0.1) is 0 Å². The van der Waals surface area contributed by atoms with Gasteiger partial charge in [0.25, 0.3) is 0 Å². The van der Waals surface area contributed by atoms with Gasteiger partial charge in [0.15, 0.2) is 5.78 Å². The van der Waals surface area contributed by atoms with Crippen molar-refractivity contribution in [2.24, 2.45) is 5.92 Å². The second-order valence-corrected chi connectivity index (χ2v) is 6.18. The topological polar surface area (TPSA) is 32.9 Å². The number of aryl methyl sites for hydroxylation is 1. The van der Waals surface area contributed by atoms with E-state index in [4.69, 9.17) is 0 Å². The van der Waals surface area contributed by atoms with Gasteiger partial charge in [-0.25, -0.2) is 0 Å². The fourth-order valence-electron chi connectivity index (χ4n) is 3.53. The van der Waals surface area contributed by atoms with E-state index in [9.17, 15) is 4.79 Å². The van der Waals surface area contributed by atoms with Crippen LogP contribution in [-0.4, -0.2) is 10.8 Å². The van der Waals surface area contributed by atoms with Crippen LogP contribution < -0.4 is 0 Å². The molecule has 106 valence electrons. The summed E-state index contributed by atoms with van der Waals surface area (Å²) in [4.78, 5) is 15.9. The number of nitrogens with one attached hydrogen (secondary N) is 1. The Kier molecular flexibility index (Phi) is 3.90. The maximum atomic E-state index is 12.6. The zero-order valence-electron chi connectivity index (χ0n) is 12.2. The van der Waals surface area contributed by atoms with E-state index in [0.29, 0.717) is 11.7 Å². The number of benzene rings is 1. The molecule has 0 aliphatic heterocycles. The van der Waals surface area contributed by atoms with E-state index in [1.807, 2.05) is 18.3 Å². The van der Waals surface area contributed by atoms with Gasteiger partial charge in [0.05, 0.1) is 0 Å². The molecule has 1 N–H and O–H groups in total. The Hall–Kier alpha value is -1.57. The molecule has 0 amide bonds. The second-order valence-electron chi connectivity index (χ2n) is 6.18. The van der Waals surface area contributed by atoms with Crippen molar-refractivity contribution in [2.75, 3.05) is 0 Å². The highest BCUT2D eigenvalue weighted by Gasteiger charge is 2.19. The summed E-state index contributed by atoms with van der Waals surface area (Å²) in [5.41, 5.74) is 3.16. The maximum Gasteiger partial charge on any atom is 0.165 e. The molecule has 0 saturated heterocycles. The number of aromatic nitrogens is 1. The smallest absolute Gasteiger partial charge is 0.165 e. The molecule has 1 fully saturated rings. The number of rotatable bonds is 3. The lowest BCUT2D eigenvalue weighted by Gasteiger charge is -2.12. The summed E-state index contributed by atoms with van der Waals surface area (Å²) in [6, 6.07) is 6.16. The van der Waals surface area contributed by atoms with Crippen molar-refractivity contribution in [3.8, 4) is 0 Å². The van der Waals surface area contributed by atoms with E-state index >= 15 is 0 Å². The van der Waals surface area contributed by atoms with Gasteiger partial charge < -0.3 is 4.98 Å². The minimum absolute atomic E-state index is 0.317. The minimum Gasteiger partial charge on any atom is -0.360 e. The average molecular weight is 269 g/mol. The number of aromatic amines is 1. The number of fused-ring (bicyclic) bond motifs is 1. The Bertz CT molecular complexity index is 603. The molecule has 0 spiro atoms. The summed E-state index contributed by atoms with van der Waals surface area (Å²) in [5, 5.41) is 1.12. The molecule has 0 radical (unpaired) electrons. The molecule has 0 atom stereocenters.